The van der Waals surface area contributed by atoms with Crippen molar-refractivity contribution in [3.63, 3.8) is 0 Å². The molecule has 1 heterocycles. The molecule has 3 nitrogen and oxygen atoms in total. The van der Waals surface area contributed by atoms with Gasteiger partial charge in [0.25, 0.3) is 0 Å². The zero-order valence-electron chi connectivity index (χ0n) is 7.68. The molecule has 0 saturated carbocycles. The summed E-state index contributed by atoms with van der Waals surface area (Å²) < 4.78 is 0. The maximum absolute atomic E-state index is 11.2. The van der Waals surface area contributed by atoms with E-state index in [1.807, 2.05) is 0 Å². The van der Waals surface area contributed by atoms with Crippen molar-refractivity contribution < 1.29 is 9.90 Å². The van der Waals surface area contributed by atoms with Gasteiger partial charge in [0.05, 0.1) is 12.1 Å². The van der Waals surface area contributed by atoms with E-state index in [2.05, 4.69) is 11.4 Å². The maximum Gasteiger partial charge on any atom is 0.220 e. The smallest absolute Gasteiger partial charge is 0.220 e. The molecule has 0 aromatic heterocycles. The molecular weight excluding hydrogens is 166 g/mol. The van der Waals surface area contributed by atoms with Gasteiger partial charge in [-0.05, 0) is 31.3 Å². The van der Waals surface area contributed by atoms with E-state index in [1.54, 1.807) is 0 Å². The van der Waals surface area contributed by atoms with E-state index in [1.165, 1.54) is 0 Å². The van der Waals surface area contributed by atoms with Gasteiger partial charge in [0.2, 0.25) is 5.91 Å². The number of aliphatic hydroxyl groups is 1. The second-order valence-corrected chi connectivity index (χ2v) is 3.91. The first-order valence-corrected chi connectivity index (χ1v) is 4.88. The Bertz CT molecular complexity index is 260. The van der Waals surface area contributed by atoms with Gasteiger partial charge in [-0.2, -0.15) is 0 Å². The van der Waals surface area contributed by atoms with Crippen molar-refractivity contribution in [2.75, 3.05) is 6.61 Å². The van der Waals surface area contributed by atoms with Gasteiger partial charge < -0.3 is 10.4 Å². The van der Waals surface area contributed by atoms with Gasteiger partial charge in [-0.15, -0.1) is 0 Å². The molecule has 1 atom stereocenters. The zero-order chi connectivity index (χ0) is 9.31. The molecule has 1 aliphatic heterocycles. The summed E-state index contributed by atoms with van der Waals surface area (Å²) >= 11 is 0. The molecule has 0 bridgehead atoms. The number of allylic oxidation sites excluding steroid dienone is 1. The Morgan fingerprint density at radius 2 is 2.38 bits per heavy atom. The van der Waals surface area contributed by atoms with Crippen molar-refractivity contribution in [1.82, 2.24) is 5.32 Å². The summed E-state index contributed by atoms with van der Waals surface area (Å²) in [5.74, 6) is 0.126. The fourth-order valence-corrected chi connectivity index (χ4v) is 2.40. The van der Waals surface area contributed by atoms with Gasteiger partial charge >= 0.3 is 0 Å². The van der Waals surface area contributed by atoms with Crippen LogP contribution < -0.4 is 5.32 Å². The molecule has 2 rings (SSSR count). The molecule has 1 spiro atoms. The lowest BCUT2D eigenvalue weighted by Crippen LogP contribution is -2.45. The van der Waals surface area contributed by atoms with Crippen molar-refractivity contribution in [3.8, 4) is 0 Å². The van der Waals surface area contributed by atoms with Crippen LogP contribution >= 0.6 is 0 Å². The predicted molar refractivity (Wildman–Crippen MR) is 49.1 cm³/mol. The van der Waals surface area contributed by atoms with Crippen molar-refractivity contribution in [2.45, 2.75) is 37.6 Å². The van der Waals surface area contributed by atoms with Crippen LogP contribution in [0.5, 0.6) is 0 Å². The fraction of sp³-hybridized carbons (Fsp3) is 0.700. The minimum absolute atomic E-state index is 0.0836. The third-order valence-electron chi connectivity index (χ3n) is 3.14. The number of carbonyl (C=O) groups is 1. The highest BCUT2D eigenvalue weighted by molar-refractivity contribution is 5.80. The molecule has 1 amide bonds. The van der Waals surface area contributed by atoms with Crippen LogP contribution in [0.25, 0.3) is 0 Å². The first-order chi connectivity index (χ1) is 6.27. The Kier molecular flexibility index (Phi) is 2.12. The highest BCUT2D eigenvalue weighted by atomic mass is 16.3. The molecule has 0 aromatic carbocycles. The van der Waals surface area contributed by atoms with Gasteiger partial charge in [-0.3, -0.25) is 4.79 Å². The number of nitrogens with one attached hydrogen (secondary N) is 1. The van der Waals surface area contributed by atoms with Crippen molar-refractivity contribution in [2.24, 2.45) is 0 Å². The van der Waals surface area contributed by atoms with Crippen LogP contribution in [0.2, 0.25) is 0 Å². The number of rotatable bonds is 1. The van der Waals surface area contributed by atoms with E-state index in [0.29, 0.717) is 6.42 Å². The molecule has 1 fully saturated rings. The van der Waals surface area contributed by atoms with Crippen LogP contribution in [0.15, 0.2) is 11.6 Å². The summed E-state index contributed by atoms with van der Waals surface area (Å²) in [7, 11) is 0. The number of hydrogen-bond donors (Lipinski definition) is 2. The molecule has 0 radical (unpaired) electrons. The van der Waals surface area contributed by atoms with Gasteiger partial charge in [0, 0.05) is 6.42 Å². The topological polar surface area (TPSA) is 49.3 Å². The standard InChI is InChI=1S/C10H15NO2/c12-7-8-3-1-2-5-10(8)6-4-9(13)11-10/h3,12H,1-2,4-7H2,(H,11,13). The number of aliphatic hydroxyl groups excluding tert-OH is 1. The van der Waals surface area contributed by atoms with Gasteiger partial charge in [-0.25, -0.2) is 0 Å². The predicted octanol–water partition coefficient (Wildman–Crippen LogP) is 0.738. The van der Waals surface area contributed by atoms with Crippen LogP contribution in [0, 0.1) is 0 Å². The SMILES string of the molecule is O=C1CCC2(CCCC=C2CO)N1. The maximum atomic E-state index is 11.2. The second-order valence-electron chi connectivity index (χ2n) is 3.91. The summed E-state index contributed by atoms with van der Waals surface area (Å²) in [5.41, 5.74) is 0.842. The van der Waals surface area contributed by atoms with Crippen molar-refractivity contribution >= 4 is 5.91 Å². The minimum Gasteiger partial charge on any atom is -0.392 e. The average molecular weight is 181 g/mol. The highest BCUT2D eigenvalue weighted by Gasteiger charge is 2.41. The molecule has 2 N–H and O–H groups in total. The Hall–Kier alpha value is -0.830. The minimum atomic E-state index is -0.177. The molecule has 1 saturated heterocycles. The third kappa shape index (κ3) is 1.37. The molecule has 72 valence electrons. The van der Waals surface area contributed by atoms with E-state index >= 15 is 0 Å². The molecule has 3 heteroatoms. The molecule has 13 heavy (non-hydrogen) atoms. The second kappa shape index (κ2) is 3.14. The van der Waals surface area contributed by atoms with E-state index in [-0.39, 0.29) is 18.1 Å². The van der Waals surface area contributed by atoms with E-state index in [4.69, 9.17) is 0 Å². The quantitative estimate of drug-likeness (QED) is 0.586. The third-order valence-corrected chi connectivity index (χ3v) is 3.14. The van der Waals surface area contributed by atoms with Crippen LogP contribution in [0.4, 0.5) is 0 Å². The van der Waals surface area contributed by atoms with Crippen LogP contribution in [-0.2, 0) is 4.79 Å². The average Bonchev–Trinajstić information content (AvgIpc) is 2.49. The summed E-state index contributed by atoms with van der Waals surface area (Å²) in [6.07, 6.45) is 6.69. The lowest BCUT2D eigenvalue weighted by Gasteiger charge is -2.34. The fourth-order valence-electron chi connectivity index (χ4n) is 2.40. The van der Waals surface area contributed by atoms with E-state index < -0.39 is 0 Å². The van der Waals surface area contributed by atoms with Gasteiger partial charge in [0.1, 0.15) is 0 Å². The number of hydrogen-bond acceptors (Lipinski definition) is 2. The Labute approximate surface area is 77.8 Å². The molecule has 1 unspecified atom stereocenters. The first-order valence-electron chi connectivity index (χ1n) is 4.88. The van der Waals surface area contributed by atoms with Crippen molar-refractivity contribution in [1.29, 1.82) is 0 Å². The lowest BCUT2D eigenvalue weighted by atomic mass is 9.79. The summed E-state index contributed by atoms with van der Waals surface area (Å²) in [5, 5.41) is 12.2. The summed E-state index contributed by atoms with van der Waals surface area (Å²) in [6.45, 7) is 0.0836. The van der Waals surface area contributed by atoms with Crippen LogP contribution in [0.3, 0.4) is 0 Å². The molecule has 1 aliphatic carbocycles. The van der Waals surface area contributed by atoms with Gasteiger partial charge in [0.15, 0.2) is 0 Å². The lowest BCUT2D eigenvalue weighted by molar-refractivity contribution is -0.119. The van der Waals surface area contributed by atoms with Gasteiger partial charge in [-0.1, -0.05) is 6.08 Å². The zero-order valence-corrected chi connectivity index (χ0v) is 7.68. The van der Waals surface area contributed by atoms with Crippen LogP contribution in [0.1, 0.15) is 32.1 Å². The molecule has 0 aromatic rings. The number of carbonyl (C=O) groups excluding carboxylic acids is 1. The van der Waals surface area contributed by atoms with E-state index in [0.717, 1.165) is 31.3 Å². The molecular formula is C10H15NO2. The Morgan fingerprint density at radius 1 is 1.54 bits per heavy atom. The highest BCUT2D eigenvalue weighted by Crippen LogP contribution is 2.36. The largest absolute Gasteiger partial charge is 0.392 e. The van der Waals surface area contributed by atoms with E-state index in [9.17, 15) is 9.90 Å². The molecule has 2 aliphatic rings. The Morgan fingerprint density at radius 3 is 3.00 bits per heavy atom. The summed E-state index contributed by atoms with van der Waals surface area (Å²) in [6, 6.07) is 0. The number of amides is 1. The normalized spacial score (nSPS) is 33.3. The van der Waals surface area contributed by atoms with Crippen LogP contribution in [-0.4, -0.2) is 23.2 Å². The monoisotopic (exact) mass is 181 g/mol. The first kappa shape index (κ1) is 8.75. The van der Waals surface area contributed by atoms with Crippen molar-refractivity contribution in [3.05, 3.63) is 11.6 Å². The summed E-state index contributed by atoms with van der Waals surface area (Å²) in [4.78, 5) is 11.2. The Balaban J connectivity index is 2.24.